The number of rotatable bonds is 6. The molecule has 0 aliphatic carbocycles. The molecule has 0 rings (SSSR count). The van der Waals surface area contributed by atoms with Crippen LogP contribution in [0.5, 0.6) is 0 Å². The Labute approximate surface area is 80.4 Å². The SMILES string of the molecule is C=C(C)CN(CC)CCC(=O)OC. The molecule has 0 spiro atoms. The van der Waals surface area contributed by atoms with Gasteiger partial charge < -0.3 is 4.74 Å². The lowest BCUT2D eigenvalue weighted by molar-refractivity contribution is -0.140. The van der Waals surface area contributed by atoms with Crippen LogP contribution in [0.3, 0.4) is 0 Å². The highest BCUT2D eigenvalue weighted by Crippen LogP contribution is 1.97. The Kier molecular flexibility index (Phi) is 6.24. The van der Waals surface area contributed by atoms with E-state index in [2.05, 4.69) is 23.1 Å². The smallest absolute Gasteiger partial charge is 0.306 e. The van der Waals surface area contributed by atoms with E-state index in [0.717, 1.165) is 25.2 Å². The van der Waals surface area contributed by atoms with Crippen LogP contribution in [-0.2, 0) is 9.53 Å². The number of carbonyl (C=O) groups excluding carboxylic acids is 1. The summed E-state index contributed by atoms with van der Waals surface area (Å²) in [5.74, 6) is -0.153. The average Bonchev–Trinajstić information content (AvgIpc) is 2.10. The number of methoxy groups -OCH3 is 1. The molecule has 0 saturated carbocycles. The van der Waals surface area contributed by atoms with Gasteiger partial charge in [0.15, 0.2) is 0 Å². The molecule has 0 bridgehead atoms. The second kappa shape index (κ2) is 6.66. The zero-order chi connectivity index (χ0) is 10.3. The van der Waals surface area contributed by atoms with Crippen molar-refractivity contribution >= 4 is 5.97 Å². The van der Waals surface area contributed by atoms with Gasteiger partial charge in [-0.2, -0.15) is 0 Å². The van der Waals surface area contributed by atoms with Crippen molar-refractivity contribution in [2.45, 2.75) is 20.3 Å². The van der Waals surface area contributed by atoms with Crippen LogP contribution in [0.1, 0.15) is 20.3 Å². The average molecular weight is 185 g/mol. The van der Waals surface area contributed by atoms with Crippen molar-refractivity contribution in [1.29, 1.82) is 0 Å². The minimum absolute atomic E-state index is 0.153. The van der Waals surface area contributed by atoms with Gasteiger partial charge in [-0.3, -0.25) is 9.69 Å². The minimum atomic E-state index is -0.153. The summed E-state index contributed by atoms with van der Waals surface area (Å²) in [5.41, 5.74) is 1.12. The first kappa shape index (κ1) is 12.2. The summed E-state index contributed by atoms with van der Waals surface area (Å²) < 4.78 is 4.56. The molecule has 76 valence electrons. The van der Waals surface area contributed by atoms with Crippen molar-refractivity contribution in [1.82, 2.24) is 4.90 Å². The number of carbonyl (C=O) groups is 1. The largest absolute Gasteiger partial charge is 0.469 e. The Hall–Kier alpha value is -0.830. The van der Waals surface area contributed by atoms with Crippen LogP contribution in [-0.4, -0.2) is 37.6 Å². The lowest BCUT2D eigenvalue weighted by atomic mass is 10.3. The molecule has 0 aromatic carbocycles. The second-order valence-corrected chi connectivity index (χ2v) is 3.15. The van der Waals surface area contributed by atoms with Gasteiger partial charge in [0.05, 0.1) is 13.5 Å². The Morgan fingerprint density at radius 1 is 1.54 bits per heavy atom. The van der Waals surface area contributed by atoms with Crippen molar-refractivity contribution in [2.75, 3.05) is 26.7 Å². The van der Waals surface area contributed by atoms with Gasteiger partial charge in [0.1, 0.15) is 0 Å². The maximum atomic E-state index is 10.8. The zero-order valence-electron chi connectivity index (χ0n) is 8.80. The first-order valence-electron chi connectivity index (χ1n) is 4.53. The molecule has 0 radical (unpaired) electrons. The van der Waals surface area contributed by atoms with E-state index < -0.39 is 0 Å². The number of likely N-dealkylation sites (N-methyl/N-ethyl adjacent to an activating group) is 1. The molecule has 3 nitrogen and oxygen atoms in total. The lowest BCUT2D eigenvalue weighted by Crippen LogP contribution is -2.27. The molecule has 0 aliphatic rings. The van der Waals surface area contributed by atoms with Crippen LogP contribution < -0.4 is 0 Å². The normalized spacial score (nSPS) is 10.2. The summed E-state index contributed by atoms with van der Waals surface area (Å²) in [6.45, 7) is 10.4. The fourth-order valence-corrected chi connectivity index (χ4v) is 1.08. The zero-order valence-corrected chi connectivity index (χ0v) is 8.80. The molecule has 0 aliphatic heterocycles. The van der Waals surface area contributed by atoms with E-state index in [9.17, 15) is 4.79 Å². The number of esters is 1. The first-order chi connectivity index (χ1) is 6.10. The summed E-state index contributed by atoms with van der Waals surface area (Å²) in [5, 5.41) is 0. The summed E-state index contributed by atoms with van der Waals surface area (Å²) in [6.07, 6.45) is 0.456. The van der Waals surface area contributed by atoms with Crippen molar-refractivity contribution in [3.05, 3.63) is 12.2 Å². The maximum absolute atomic E-state index is 10.8. The van der Waals surface area contributed by atoms with E-state index >= 15 is 0 Å². The van der Waals surface area contributed by atoms with E-state index in [0.29, 0.717) is 6.42 Å². The molecule has 3 heteroatoms. The monoisotopic (exact) mass is 185 g/mol. The highest BCUT2D eigenvalue weighted by atomic mass is 16.5. The topological polar surface area (TPSA) is 29.5 Å². The van der Waals surface area contributed by atoms with Gasteiger partial charge in [-0.25, -0.2) is 0 Å². The number of ether oxygens (including phenoxy) is 1. The highest BCUT2D eigenvalue weighted by Gasteiger charge is 2.05. The molecule has 0 amide bonds. The Morgan fingerprint density at radius 2 is 2.15 bits per heavy atom. The van der Waals surface area contributed by atoms with Crippen LogP contribution in [0.2, 0.25) is 0 Å². The van der Waals surface area contributed by atoms with Crippen molar-refractivity contribution < 1.29 is 9.53 Å². The lowest BCUT2D eigenvalue weighted by Gasteiger charge is -2.19. The molecule has 0 saturated heterocycles. The Balaban J connectivity index is 3.71. The van der Waals surface area contributed by atoms with Gasteiger partial charge >= 0.3 is 5.97 Å². The fourth-order valence-electron chi connectivity index (χ4n) is 1.08. The molecular weight excluding hydrogens is 166 g/mol. The maximum Gasteiger partial charge on any atom is 0.306 e. The molecule has 0 atom stereocenters. The summed E-state index contributed by atoms with van der Waals surface area (Å²) >= 11 is 0. The van der Waals surface area contributed by atoms with E-state index in [-0.39, 0.29) is 5.97 Å². The molecule has 13 heavy (non-hydrogen) atoms. The molecular formula is C10H19NO2. The van der Waals surface area contributed by atoms with E-state index in [1.165, 1.54) is 7.11 Å². The predicted molar refractivity (Wildman–Crippen MR) is 53.6 cm³/mol. The number of hydrogen-bond acceptors (Lipinski definition) is 3. The van der Waals surface area contributed by atoms with E-state index in [1.807, 2.05) is 6.92 Å². The van der Waals surface area contributed by atoms with Gasteiger partial charge in [0, 0.05) is 13.1 Å². The molecule has 0 aromatic heterocycles. The van der Waals surface area contributed by atoms with Crippen LogP contribution in [0.25, 0.3) is 0 Å². The van der Waals surface area contributed by atoms with E-state index in [4.69, 9.17) is 0 Å². The molecule has 0 N–H and O–H groups in total. The quantitative estimate of drug-likeness (QED) is 0.463. The summed E-state index contributed by atoms with van der Waals surface area (Å²) in [4.78, 5) is 13.0. The van der Waals surface area contributed by atoms with Crippen molar-refractivity contribution in [3.8, 4) is 0 Å². The number of hydrogen-bond donors (Lipinski definition) is 0. The Morgan fingerprint density at radius 3 is 2.54 bits per heavy atom. The van der Waals surface area contributed by atoms with Gasteiger partial charge in [-0.1, -0.05) is 19.1 Å². The van der Waals surface area contributed by atoms with Gasteiger partial charge in [0.2, 0.25) is 0 Å². The summed E-state index contributed by atoms with van der Waals surface area (Å²) in [6, 6.07) is 0. The van der Waals surface area contributed by atoms with Gasteiger partial charge in [-0.05, 0) is 13.5 Å². The first-order valence-corrected chi connectivity index (χ1v) is 4.53. The van der Waals surface area contributed by atoms with Crippen molar-refractivity contribution in [3.63, 3.8) is 0 Å². The predicted octanol–water partition coefficient (Wildman–Crippen LogP) is 1.45. The molecule has 0 fully saturated rings. The molecule has 0 unspecified atom stereocenters. The van der Waals surface area contributed by atoms with Crippen LogP contribution >= 0.6 is 0 Å². The number of nitrogens with zero attached hydrogens (tertiary/aromatic N) is 1. The second-order valence-electron chi connectivity index (χ2n) is 3.15. The third-order valence-electron chi connectivity index (χ3n) is 1.80. The van der Waals surface area contributed by atoms with Crippen LogP contribution in [0.15, 0.2) is 12.2 Å². The highest BCUT2D eigenvalue weighted by molar-refractivity contribution is 5.69. The minimum Gasteiger partial charge on any atom is -0.469 e. The standard InChI is InChI=1S/C10H19NO2/c1-5-11(8-9(2)3)7-6-10(12)13-4/h2,5-8H2,1,3-4H3. The summed E-state index contributed by atoms with van der Waals surface area (Å²) in [7, 11) is 1.41. The van der Waals surface area contributed by atoms with Crippen LogP contribution in [0, 0.1) is 0 Å². The Bertz CT molecular complexity index is 178. The van der Waals surface area contributed by atoms with Gasteiger partial charge in [0.25, 0.3) is 0 Å². The van der Waals surface area contributed by atoms with E-state index in [1.54, 1.807) is 0 Å². The third kappa shape index (κ3) is 6.34. The molecule has 0 heterocycles. The molecule has 0 aromatic rings. The van der Waals surface area contributed by atoms with Crippen LogP contribution in [0.4, 0.5) is 0 Å². The van der Waals surface area contributed by atoms with Gasteiger partial charge in [-0.15, -0.1) is 0 Å². The third-order valence-corrected chi connectivity index (χ3v) is 1.80. The van der Waals surface area contributed by atoms with Crippen molar-refractivity contribution in [2.24, 2.45) is 0 Å². The fraction of sp³-hybridized carbons (Fsp3) is 0.700.